The molecule has 2 aromatic carbocycles. The summed E-state index contributed by atoms with van der Waals surface area (Å²) in [6.07, 6.45) is 1.14. The third-order valence-electron chi connectivity index (χ3n) is 4.60. The van der Waals surface area contributed by atoms with Crippen molar-refractivity contribution in [3.63, 3.8) is 0 Å². The van der Waals surface area contributed by atoms with Gasteiger partial charge >= 0.3 is 0 Å². The lowest BCUT2D eigenvalue weighted by molar-refractivity contribution is -0.184. The molecule has 2 nitrogen and oxygen atoms in total. The Hall–Kier alpha value is -1.64. The van der Waals surface area contributed by atoms with Gasteiger partial charge in [0.25, 0.3) is 0 Å². The standard InChI is InChI=1S/C19H22O2/c1-3-19(13-21-14-19)18(20-2)17-12-8-7-11-16(17)15-9-5-4-6-10-15/h4-12,18H,3,13-14H2,1-2H3. The number of hydrogen-bond donors (Lipinski definition) is 0. The molecule has 1 unspecified atom stereocenters. The average molecular weight is 282 g/mol. The monoisotopic (exact) mass is 282 g/mol. The van der Waals surface area contributed by atoms with E-state index < -0.39 is 0 Å². The third kappa shape index (κ3) is 2.50. The zero-order valence-electron chi connectivity index (χ0n) is 12.7. The maximum atomic E-state index is 5.92. The predicted octanol–water partition coefficient (Wildman–Crippen LogP) is 4.47. The molecule has 3 rings (SSSR count). The van der Waals surface area contributed by atoms with E-state index in [1.165, 1.54) is 16.7 Å². The van der Waals surface area contributed by atoms with Crippen LogP contribution >= 0.6 is 0 Å². The summed E-state index contributed by atoms with van der Waals surface area (Å²) in [7, 11) is 1.81. The molecule has 0 bridgehead atoms. The molecule has 0 spiro atoms. The molecule has 110 valence electrons. The molecule has 1 aliphatic heterocycles. The van der Waals surface area contributed by atoms with E-state index in [0.717, 1.165) is 19.6 Å². The molecule has 2 aromatic rings. The Labute approximate surface area is 126 Å². The van der Waals surface area contributed by atoms with Crippen molar-refractivity contribution in [2.45, 2.75) is 19.4 Å². The second kappa shape index (κ2) is 6.00. The van der Waals surface area contributed by atoms with E-state index in [1.807, 2.05) is 13.2 Å². The lowest BCUT2D eigenvalue weighted by Gasteiger charge is -2.46. The zero-order chi connectivity index (χ0) is 14.7. The number of methoxy groups -OCH3 is 1. The summed E-state index contributed by atoms with van der Waals surface area (Å²) in [6, 6.07) is 19.1. The number of benzene rings is 2. The van der Waals surface area contributed by atoms with Crippen LogP contribution < -0.4 is 0 Å². The Morgan fingerprint density at radius 2 is 1.71 bits per heavy atom. The van der Waals surface area contributed by atoms with Crippen LogP contribution in [0.2, 0.25) is 0 Å². The highest BCUT2D eigenvalue weighted by atomic mass is 16.5. The largest absolute Gasteiger partial charge is 0.380 e. The van der Waals surface area contributed by atoms with Gasteiger partial charge in [0.1, 0.15) is 0 Å². The van der Waals surface area contributed by atoms with Crippen molar-refractivity contribution < 1.29 is 9.47 Å². The molecule has 2 heteroatoms. The van der Waals surface area contributed by atoms with Crippen LogP contribution in [0, 0.1) is 5.41 Å². The van der Waals surface area contributed by atoms with Crippen LogP contribution in [0.3, 0.4) is 0 Å². The van der Waals surface area contributed by atoms with Crippen molar-refractivity contribution in [2.75, 3.05) is 20.3 Å². The Morgan fingerprint density at radius 1 is 1.05 bits per heavy atom. The van der Waals surface area contributed by atoms with E-state index in [0.29, 0.717) is 0 Å². The highest BCUT2D eigenvalue weighted by molar-refractivity contribution is 5.68. The van der Waals surface area contributed by atoms with Crippen molar-refractivity contribution in [2.24, 2.45) is 5.41 Å². The summed E-state index contributed by atoms with van der Waals surface area (Å²) < 4.78 is 11.4. The van der Waals surface area contributed by atoms with Gasteiger partial charge in [-0.15, -0.1) is 0 Å². The van der Waals surface area contributed by atoms with E-state index in [2.05, 4.69) is 55.5 Å². The molecule has 1 aliphatic rings. The first kappa shape index (κ1) is 14.3. The summed E-state index contributed by atoms with van der Waals surface area (Å²) >= 11 is 0. The molecule has 1 heterocycles. The van der Waals surface area contributed by atoms with Crippen molar-refractivity contribution in [1.29, 1.82) is 0 Å². The highest BCUT2D eigenvalue weighted by Gasteiger charge is 2.45. The zero-order valence-corrected chi connectivity index (χ0v) is 12.7. The van der Waals surface area contributed by atoms with Gasteiger partial charge in [-0.1, -0.05) is 61.5 Å². The fourth-order valence-corrected chi connectivity index (χ4v) is 3.22. The lowest BCUT2D eigenvalue weighted by Crippen LogP contribution is -2.47. The van der Waals surface area contributed by atoms with Crippen molar-refractivity contribution in [1.82, 2.24) is 0 Å². The van der Waals surface area contributed by atoms with E-state index in [-0.39, 0.29) is 11.5 Å². The second-order valence-corrected chi connectivity index (χ2v) is 5.78. The summed E-state index contributed by atoms with van der Waals surface area (Å²) in [5.74, 6) is 0. The first-order valence-corrected chi connectivity index (χ1v) is 7.55. The Balaban J connectivity index is 2.05. The third-order valence-corrected chi connectivity index (χ3v) is 4.60. The molecule has 0 saturated carbocycles. The number of ether oxygens (including phenoxy) is 2. The molecule has 0 aromatic heterocycles. The topological polar surface area (TPSA) is 18.5 Å². The molecule has 1 atom stereocenters. The van der Waals surface area contributed by atoms with Gasteiger partial charge in [0.2, 0.25) is 0 Å². The quantitative estimate of drug-likeness (QED) is 0.805. The molecule has 0 N–H and O–H groups in total. The van der Waals surface area contributed by atoms with E-state index in [9.17, 15) is 0 Å². The van der Waals surface area contributed by atoms with Gasteiger partial charge in [-0.25, -0.2) is 0 Å². The van der Waals surface area contributed by atoms with Crippen LogP contribution in [0.15, 0.2) is 54.6 Å². The van der Waals surface area contributed by atoms with Crippen LogP contribution in [0.5, 0.6) is 0 Å². The molecule has 0 amide bonds. The molecule has 0 aliphatic carbocycles. The minimum absolute atomic E-state index is 0.0765. The minimum atomic E-state index is 0.0765. The average Bonchev–Trinajstić information content (AvgIpc) is 2.52. The SMILES string of the molecule is CCC1(C(OC)c2ccccc2-c2ccccc2)COC1. The molecular formula is C19H22O2. The lowest BCUT2D eigenvalue weighted by atomic mass is 9.73. The first-order valence-electron chi connectivity index (χ1n) is 7.55. The fraction of sp³-hybridized carbons (Fsp3) is 0.368. The smallest absolute Gasteiger partial charge is 0.0927 e. The van der Waals surface area contributed by atoms with Gasteiger partial charge in [-0.3, -0.25) is 0 Å². The van der Waals surface area contributed by atoms with Crippen LogP contribution in [0.25, 0.3) is 11.1 Å². The molecule has 1 fully saturated rings. The van der Waals surface area contributed by atoms with Crippen molar-refractivity contribution in [3.05, 3.63) is 60.2 Å². The Bertz CT molecular complexity index is 582. The molecule has 0 radical (unpaired) electrons. The Kier molecular flexibility index (Phi) is 4.09. The van der Waals surface area contributed by atoms with Gasteiger partial charge in [0.05, 0.1) is 19.3 Å². The first-order chi connectivity index (χ1) is 10.3. The van der Waals surface area contributed by atoms with Crippen LogP contribution in [-0.4, -0.2) is 20.3 Å². The molecule has 21 heavy (non-hydrogen) atoms. The minimum Gasteiger partial charge on any atom is -0.380 e. The summed E-state index contributed by atoms with van der Waals surface area (Å²) in [5, 5.41) is 0. The van der Waals surface area contributed by atoms with Gasteiger partial charge in [-0.05, 0) is 23.1 Å². The normalized spacial score (nSPS) is 18.0. The summed E-state index contributed by atoms with van der Waals surface area (Å²) in [5.41, 5.74) is 3.86. The van der Waals surface area contributed by atoms with Crippen LogP contribution in [-0.2, 0) is 9.47 Å². The van der Waals surface area contributed by atoms with Crippen molar-refractivity contribution in [3.8, 4) is 11.1 Å². The molecule has 1 saturated heterocycles. The fourth-order valence-electron chi connectivity index (χ4n) is 3.22. The van der Waals surface area contributed by atoms with E-state index in [1.54, 1.807) is 0 Å². The van der Waals surface area contributed by atoms with Crippen LogP contribution in [0.1, 0.15) is 25.0 Å². The number of hydrogen-bond acceptors (Lipinski definition) is 2. The Morgan fingerprint density at radius 3 is 2.29 bits per heavy atom. The van der Waals surface area contributed by atoms with Gasteiger partial charge < -0.3 is 9.47 Å². The van der Waals surface area contributed by atoms with Crippen molar-refractivity contribution >= 4 is 0 Å². The maximum absolute atomic E-state index is 5.92. The van der Waals surface area contributed by atoms with Gasteiger partial charge in [0.15, 0.2) is 0 Å². The second-order valence-electron chi connectivity index (χ2n) is 5.78. The van der Waals surface area contributed by atoms with Gasteiger partial charge in [0, 0.05) is 12.5 Å². The molecular weight excluding hydrogens is 260 g/mol. The maximum Gasteiger partial charge on any atom is 0.0927 e. The summed E-state index contributed by atoms with van der Waals surface area (Å²) in [4.78, 5) is 0. The van der Waals surface area contributed by atoms with Gasteiger partial charge in [-0.2, -0.15) is 0 Å². The predicted molar refractivity (Wildman–Crippen MR) is 85.2 cm³/mol. The highest BCUT2D eigenvalue weighted by Crippen LogP contribution is 2.47. The van der Waals surface area contributed by atoms with E-state index in [4.69, 9.17) is 9.47 Å². The van der Waals surface area contributed by atoms with Crippen LogP contribution in [0.4, 0.5) is 0 Å². The van der Waals surface area contributed by atoms with E-state index >= 15 is 0 Å². The summed E-state index contributed by atoms with van der Waals surface area (Å²) in [6.45, 7) is 3.79. The number of rotatable bonds is 5.